The van der Waals surface area contributed by atoms with Crippen molar-refractivity contribution in [1.29, 1.82) is 0 Å². The Bertz CT molecular complexity index is 294. The molecule has 5 heteroatoms. The van der Waals surface area contributed by atoms with Gasteiger partial charge >= 0.3 is 6.09 Å². The van der Waals surface area contributed by atoms with Crippen LogP contribution in [0.2, 0.25) is 0 Å². The predicted octanol–water partition coefficient (Wildman–Crippen LogP) is 1.30. The van der Waals surface area contributed by atoms with E-state index in [9.17, 15) is 9.59 Å². The molecule has 0 unspecified atom stereocenters. The van der Waals surface area contributed by atoms with Gasteiger partial charge in [0, 0.05) is 19.1 Å². The van der Waals surface area contributed by atoms with Gasteiger partial charge in [-0.15, -0.1) is 0 Å². The summed E-state index contributed by atoms with van der Waals surface area (Å²) in [4.78, 5) is 24.4. The molecule has 1 aliphatic heterocycles. The maximum Gasteiger partial charge on any atom is 0.409 e. The minimum absolute atomic E-state index is 0.0675. The molecule has 0 aromatic carbocycles. The second-order valence-corrected chi connectivity index (χ2v) is 3.97. The Labute approximate surface area is 102 Å². The average Bonchev–Trinajstić information content (AvgIpc) is 2.30. The van der Waals surface area contributed by atoms with Crippen molar-refractivity contribution in [2.75, 3.05) is 19.7 Å². The molecule has 1 fully saturated rings. The van der Waals surface area contributed by atoms with Crippen LogP contribution in [-0.4, -0.2) is 42.6 Å². The first kappa shape index (κ1) is 13.5. The summed E-state index contributed by atoms with van der Waals surface area (Å²) in [6, 6.07) is 0.157. The van der Waals surface area contributed by atoms with E-state index in [0.717, 1.165) is 12.8 Å². The number of piperidine rings is 1. The molecule has 0 aromatic rings. The minimum atomic E-state index is -0.259. The lowest BCUT2D eigenvalue weighted by atomic mass is 10.1. The molecule has 1 heterocycles. The molecule has 1 N–H and O–H groups in total. The zero-order valence-electron chi connectivity index (χ0n) is 10.4. The van der Waals surface area contributed by atoms with E-state index in [1.54, 1.807) is 17.9 Å². The summed E-state index contributed by atoms with van der Waals surface area (Å²) >= 11 is 0. The average molecular weight is 240 g/mol. The number of nitrogens with one attached hydrogen (secondary N) is 1. The number of carbonyl (C=O) groups is 2. The number of amides is 2. The number of carbonyl (C=O) groups excluding carboxylic acids is 2. The van der Waals surface area contributed by atoms with Crippen molar-refractivity contribution >= 4 is 12.0 Å². The van der Waals surface area contributed by atoms with Crippen LogP contribution in [0.5, 0.6) is 0 Å². The summed E-state index contributed by atoms with van der Waals surface area (Å²) in [5.41, 5.74) is 0. The lowest BCUT2D eigenvalue weighted by Gasteiger charge is -2.31. The largest absolute Gasteiger partial charge is 0.450 e. The van der Waals surface area contributed by atoms with E-state index in [0.29, 0.717) is 19.7 Å². The van der Waals surface area contributed by atoms with Crippen molar-refractivity contribution in [3.05, 3.63) is 12.2 Å². The molecule has 0 atom stereocenters. The third-order valence-electron chi connectivity index (χ3n) is 2.69. The van der Waals surface area contributed by atoms with Gasteiger partial charge in [-0.25, -0.2) is 4.79 Å². The van der Waals surface area contributed by atoms with E-state index in [1.807, 2.05) is 6.92 Å². The van der Waals surface area contributed by atoms with Crippen molar-refractivity contribution in [3.8, 4) is 0 Å². The first-order valence-corrected chi connectivity index (χ1v) is 6.02. The molecule has 0 aromatic heterocycles. The van der Waals surface area contributed by atoms with Gasteiger partial charge in [0.1, 0.15) is 0 Å². The van der Waals surface area contributed by atoms with Gasteiger partial charge in [0.05, 0.1) is 6.61 Å². The number of hydrogen-bond acceptors (Lipinski definition) is 3. The summed E-state index contributed by atoms with van der Waals surface area (Å²) in [6.07, 6.45) is 4.52. The summed E-state index contributed by atoms with van der Waals surface area (Å²) in [5.74, 6) is -0.0675. The normalized spacial score (nSPS) is 17.2. The standard InChI is InChI=1S/C12H20N2O3/c1-3-5-11(15)13-10-6-8-14(9-7-10)12(16)17-4-2/h3,5,10H,4,6-9H2,1-2H3,(H,13,15)/b5-3+. The molecule has 1 aliphatic rings. The Morgan fingerprint density at radius 3 is 2.59 bits per heavy atom. The highest BCUT2D eigenvalue weighted by molar-refractivity contribution is 5.87. The highest BCUT2D eigenvalue weighted by Crippen LogP contribution is 2.11. The third-order valence-corrected chi connectivity index (χ3v) is 2.69. The molecule has 96 valence electrons. The van der Waals surface area contributed by atoms with Crippen LogP contribution < -0.4 is 5.32 Å². The van der Waals surface area contributed by atoms with E-state index in [1.165, 1.54) is 6.08 Å². The van der Waals surface area contributed by atoms with Gasteiger partial charge in [-0.2, -0.15) is 0 Å². The molecule has 0 radical (unpaired) electrons. The van der Waals surface area contributed by atoms with Crippen LogP contribution in [0, 0.1) is 0 Å². The molecule has 0 spiro atoms. The fourth-order valence-corrected chi connectivity index (χ4v) is 1.82. The maximum absolute atomic E-state index is 11.4. The fraction of sp³-hybridized carbons (Fsp3) is 0.667. The summed E-state index contributed by atoms with van der Waals surface area (Å²) in [5, 5.41) is 2.91. The van der Waals surface area contributed by atoms with Crippen molar-refractivity contribution in [1.82, 2.24) is 10.2 Å². The maximum atomic E-state index is 11.4. The molecule has 2 amide bonds. The number of nitrogens with zero attached hydrogens (tertiary/aromatic N) is 1. The number of hydrogen-bond donors (Lipinski definition) is 1. The SMILES string of the molecule is C/C=C/C(=O)NC1CCN(C(=O)OCC)CC1. The van der Waals surface area contributed by atoms with Gasteiger partial charge in [-0.3, -0.25) is 4.79 Å². The first-order chi connectivity index (χ1) is 8.17. The molecule has 0 bridgehead atoms. The lowest BCUT2D eigenvalue weighted by Crippen LogP contribution is -2.46. The highest BCUT2D eigenvalue weighted by Gasteiger charge is 2.23. The lowest BCUT2D eigenvalue weighted by molar-refractivity contribution is -0.117. The molecule has 1 saturated heterocycles. The molecule has 0 saturated carbocycles. The van der Waals surface area contributed by atoms with Gasteiger partial charge in [0.15, 0.2) is 0 Å². The number of allylic oxidation sites excluding steroid dienone is 1. The monoisotopic (exact) mass is 240 g/mol. The van der Waals surface area contributed by atoms with Gasteiger partial charge in [0.25, 0.3) is 0 Å². The van der Waals surface area contributed by atoms with Crippen LogP contribution in [-0.2, 0) is 9.53 Å². The summed E-state index contributed by atoms with van der Waals surface area (Å²) in [6.45, 7) is 5.28. The Balaban J connectivity index is 2.30. The van der Waals surface area contributed by atoms with E-state index in [4.69, 9.17) is 4.74 Å². The van der Waals surface area contributed by atoms with Crippen LogP contribution in [0.3, 0.4) is 0 Å². The third kappa shape index (κ3) is 4.46. The highest BCUT2D eigenvalue weighted by atomic mass is 16.6. The molecule has 1 rings (SSSR count). The predicted molar refractivity (Wildman–Crippen MR) is 64.6 cm³/mol. The van der Waals surface area contributed by atoms with Crippen molar-refractivity contribution in [2.24, 2.45) is 0 Å². The zero-order chi connectivity index (χ0) is 12.7. The first-order valence-electron chi connectivity index (χ1n) is 6.02. The van der Waals surface area contributed by atoms with Crippen molar-refractivity contribution in [3.63, 3.8) is 0 Å². The molecular weight excluding hydrogens is 220 g/mol. The van der Waals surface area contributed by atoms with Crippen molar-refractivity contribution in [2.45, 2.75) is 32.7 Å². The van der Waals surface area contributed by atoms with Crippen molar-refractivity contribution < 1.29 is 14.3 Å². The van der Waals surface area contributed by atoms with Crippen LogP contribution in [0.15, 0.2) is 12.2 Å². The summed E-state index contributed by atoms with van der Waals surface area (Å²) < 4.78 is 4.92. The van der Waals surface area contributed by atoms with Crippen LogP contribution in [0.4, 0.5) is 4.79 Å². The number of ether oxygens (including phenoxy) is 1. The summed E-state index contributed by atoms with van der Waals surface area (Å²) in [7, 11) is 0. The van der Waals surface area contributed by atoms with E-state index < -0.39 is 0 Å². The number of rotatable bonds is 3. The Morgan fingerprint density at radius 1 is 1.41 bits per heavy atom. The molecular formula is C12H20N2O3. The van der Waals surface area contributed by atoms with Crippen LogP contribution in [0.25, 0.3) is 0 Å². The topological polar surface area (TPSA) is 58.6 Å². The van der Waals surface area contributed by atoms with Gasteiger partial charge < -0.3 is 15.0 Å². The number of likely N-dealkylation sites (tertiary alicyclic amines) is 1. The van der Waals surface area contributed by atoms with Crippen LogP contribution in [0.1, 0.15) is 26.7 Å². The van der Waals surface area contributed by atoms with E-state index >= 15 is 0 Å². The molecule has 17 heavy (non-hydrogen) atoms. The molecule has 5 nitrogen and oxygen atoms in total. The zero-order valence-corrected chi connectivity index (χ0v) is 10.4. The Hall–Kier alpha value is -1.52. The van der Waals surface area contributed by atoms with Gasteiger partial charge in [0.2, 0.25) is 5.91 Å². The van der Waals surface area contributed by atoms with Crippen LogP contribution >= 0.6 is 0 Å². The smallest absolute Gasteiger partial charge is 0.409 e. The molecule has 0 aliphatic carbocycles. The Morgan fingerprint density at radius 2 is 2.06 bits per heavy atom. The quantitative estimate of drug-likeness (QED) is 0.756. The van der Waals surface area contributed by atoms with Gasteiger partial charge in [-0.1, -0.05) is 6.08 Å². The second-order valence-electron chi connectivity index (χ2n) is 3.97. The Kier molecular flexibility index (Phi) is 5.52. The minimum Gasteiger partial charge on any atom is -0.450 e. The second kappa shape index (κ2) is 6.93. The van der Waals surface area contributed by atoms with E-state index in [-0.39, 0.29) is 18.0 Å². The fourth-order valence-electron chi connectivity index (χ4n) is 1.82. The van der Waals surface area contributed by atoms with E-state index in [2.05, 4.69) is 5.32 Å². The van der Waals surface area contributed by atoms with Gasteiger partial charge in [-0.05, 0) is 32.8 Å².